The number of halogens is 1. The first kappa shape index (κ1) is 20.2. The second kappa shape index (κ2) is 8.43. The Hall–Kier alpha value is -3.71. The molecule has 5 rings (SSSR count). The molecule has 2 atom stereocenters. The number of aromatic nitrogens is 2. The molecule has 0 bridgehead atoms. The van der Waals surface area contributed by atoms with Crippen molar-refractivity contribution in [2.45, 2.75) is 12.1 Å². The topological polar surface area (TPSA) is 42.3 Å². The molecule has 7 heteroatoms. The highest BCUT2D eigenvalue weighted by molar-refractivity contribution is 7.80. The zero-order valence-electron chi connectivity index (χ0n) is 17.4. The van der Waals surface area contributed by atoms with Gasteiger partial charge in [-0.1, -0.05) is 24.3 Å². The van der Waals surface area contributed by atoms with E-state index in [1.54, 1.807) is 25.4 Å². The Morgan fingerprint density at radius 2 is 1.84 bits per heavy atom. The molecule has 32 heavy (non-hydrogen) atoms. The van der Waals surface area contributed by atoms with E-state index in [1.807, 2.05) is 76.3 Å². The summed E-state index contributed by atoms with van der Waals surface area (Å²) in [5, 5.41) is 4.00. The molecule has 1 aliphatic heterocycles. The van der Waals surface area contributed by atoms with E-state index in [0.717, 1.165) is 22.8 Å². The predicted octanol–water partition coefficient (Wildman–Crippen LogP) is 5.20. The Bertz CT molecular complexity index is 1260. The van der Waals surface area contributed by atoms with Crippen LogP contribution in [0.2, 0.25) is 0 Å². The summed E-state index contributed by atoms with van der Waals surface area (Å²) in [7, 11) is 1.64. The highest BCUT2D eigenvalue weighted by atomic mass is 32.1. The zero-order valence-corrected chi connectivity index (χ0v) is 18.2. The Morgan fingerprint density at radius 1 is 1.00 bits per heavy atom. The highest BCUT2D eigenvalue weighted by Crippen LogP contribution is 2.42. The van der Waals surface area contributed by atoms with Crippen LogP contribution in [0.1, 0.15) is 23.5 Å². The fourth-order valence-electron chi connectivity index (χ4n) is 4.20. The number of ether oxygens (including phenoxy) is 1. The molecule has 1 N–H and O–H groups in total. The van der Waals surface area contributed by atoms with Gasteiger partial charge in [0.2, 0.25) is 0 Å². The number of hydrogen-bond acceptors (Lipinski definition) is 3. The average Bonchev–Trinajstić information content (AvgIpc) is 3.44. The van der Waals surface area contributed by atoms with Crippen LogP contribution in [0.15, 0.2) is 91.3 Å². The van der Waals surface area contributed by atoms with Crippen molar-refractivity contribution in [2.75, 3.05) is 12.0 Å². The molecule has 0 aliphatic carbocycles. The van der Waals surface area contributed by atoms with E-state index in [9.17, 15) is 4.39 Å². The van der Waals surface area contributed by atoms with Crippen LogP contribution in [-0.2, 0) is 0 Å². The first-order chi connectivity index (χ1) is 15.7. The lowest BCUT2D eigenvalue weighted by molar-refractivity contribution is 0.414. The van der Waals surface area contributed by atoms with Crippen LogP contribution >= 0.6 is 12.2 Å². The summed E-state index contributed by atoms with van der Waals surface area (Å²) < 4.78 is 22.0. The number of methoxy groups -OCH3 is 1. The molecule has 0 amide bonds. The summed E-state index contributed by atoms with van der Waals surface area (Å²) in [6, 6.07) is 23.7. The second-order valence-electron chi connectivity index (χ2n) is 7.45. The number of thiocarbonyl (C=S) groups is 1. The van der Waals surface area contributed by atoms with Crippen molar-refractivity contribution in [2.24, 2.45) is 0 Å². The number of hydrogen-bond donors (Lipinski definition) is 1. The molecular weight excluding hydrogens is 423 g/mol. The lowest BCUT2D eigenvalue weighted by Gasteiger charge is -2.29. The zero-order chi connectivity index (χ0) is 22.1. The minimum Gasteiger partial charge on any atom is -0.497 e. The van der Waals surface area contributed by atoms with E-state index >= 15 is 0 Å². The molecule has 2 aromatic heterocycles. The van der Waals surface area contributed by atoms with Gasteiger partial charge in [-0.2, -0.15) is 0 Å². The molecule has 1 saturated heterocycles. The second-order valence-corrected chi connectivity index (χ2v) is 7.84. The SMILES string of the molecule is COc1cccc(N2C(=S)N[C@@H](c3ccccn3)[C@H]2c2cccn2-c2ccccc2F)c1. The lowest BCUT2D eigenvalue weighted by atomic mass is 10.0. The van der Waals surface area contributed by atoms with Crippen molar-refractivity contribution in [1.82, 2.24) is 14.9 Å². The summed E-state index contributed by atoms with van der Waals surface area (Å²) in [5.41, 5.74) is 3.11. The van der Waals surface area contributed by atoms with Gasteiger partial charge in [0.15, 0.2) is 5.11 Å². The molecule has 0 unspecified atom stereocenters. The minimum atomic E-state index is -0.291. The summed E-state index contributed by atoms with van der Waals surface area (Å²) in [6.07, 6.45) is 3.63. The smallest absolute Gasteiger partial charge is 0.174 e. The largest absolute Gasteiger partial charge is 0.497 e. The maximum atomic E-state index is 14.7. The first-order valence-corrected chi connectivity index (χ1v) is 10.6. The number of rotatable bonds is 5. The maximum absolute atomic E-state index is 14.7. The Labute approximate surface area is 191 Å². The quantitative estimate of drug-likeness (QED) is 0.429. The van der Waals surface area contributed by atoms with Crippen LogP contribution in [-0.4, -0.2) is 21.8 Å². The molecule has 3 heterocycles. The van der Waals surface area contributed by atoms with Crippen LogP contribution in [0.25, 0.3) is 5.69 Å². The van der Waals surface area contributed by atoms with Crippen LogP contribution < -0.4 is 15.0 Å². The van der Waals surface area contributed by atoms with Gasteiger partial charge in [0, 0.05) is 29.8 Å². The van der Waals surface area contributed by atoms with E-state index in [2.05, 4.69) is 10.3 Å². The molecule has 5 nitrogen and oxygen atoms in total. The van der Waals surface area contributed by atoms with Crippen LogP contribution in [0.4, 0.5) is 10.1 Å². The molecule has 0 radical (unpaired) electrons. The predicted molar refractivity (Wildman–Crippen MR) is 127 cm³/mol. The Kier molecular flexibility index (Phi) is 5.33. The van der Waals surface area contributed by atoms with Crippen molar-refractivity contribution >= 4 is 23.0 Å². The molecular formula is C25H21FN4OS. The van der Waals surface area contributed by atoms with Gasteiger partial charge >= 0.3 is 0 Å². The van der Waals surface area contributed by atoms with Crippen molar-refractivity contribution in [3.8, 4) is 11.4 Å². The van der Waals surface area contributed by atoms with Crippen LogP contribution in [0.3, 0.4) is 0 Å². The number of nitrogens with one attached hydrogen (secondary N) is 1. The minimum absolute atomic E-state index is 0.227. The molecule has 0 saturated carbocycles. The number of anilines is 1. The number of nitrogens with zero attached hydrogens (tertiary/aromatic N) is 3. The van der Waals surface area contributed by atoms with E-state index in [-0.39, 0.29) is 17.9 Å². The number of benzene rings is 2. The first-order valence-electron chi connectivity index (χ1n) is 10.2. The third kappa shape index (κ3) is 3.50. The Balaban J connectivity index is 1.68. The summed E-state index contributed by atoms with van der Waals surface area (Å²) in [6.45, 7) is 0. The monoisotopic (exact) mass is 444 g/mol. The van der Waals surface area contributed by atoms with Gasteiger partial charge in [-0.15, -0.1) is 0 Å². The highest BCUT2D eigenvalue weighted by Gasteiger charge is 2.42. The van der Waals surface area contributed by atoms with Crippen molar-refractivity contribution < 1.29 is 9.13 Å². The van der Waals surface area contributed by atoms with Gasteiger partial charge in [-0.05, 0) is 60.7 Å². The van der Waals surface area contributed by atoms with E-state index in [0.29, 0.717) is 10.8 Å². The van der Waals surface area contributed by atoms with Crippen molar-refractivity contribution in [3.05, 3.63) is 108 Å². The average molecular weight is 445 g/mol. The molecule has 1 fully saturated rings. The van der Waals surface area contributed by atoms with Gasteiger partial charge in [0.1, 0.15) is 17.6 Å². The van der Waals surface area contributed by atoms with E-state index in [1.165, 1.54) is 6.07 Å². The van der Waals surface area contributed by atoms with E-state index in [4.69, 9.17) is 17.0 Å². The molecule has 1 aliphatic rings. The van der Waals surface area contributed by atoms with Gasteiger partial charge in [-0.3, -0.25) is 4.98 Å². The van der Waals surface area contributed by atoms with Crippen molar-refractivity contribution in [3.63, 3.8) is 0 Å². The molecule has 0 spiro atoms. The summed E-state index contributed by atoms with van der Waals surface area (Å²) in [4.78, 5) is 6.63. The molecule has 4 aromatic rings. The van der Waals surface area contributed by atoms with Gasteiger partial charge < -0.3 is 19.5 Å². The summed E-state index contributed by atoms with van der Waals surface area (Å²) in [5.74, 6) is 0.440. The van der Waals surface area contributed by atoms with Gasteiger partial charge in [-0.25, -0.2) is 4.39 Å². The van der Waals surface area contributed by atoms with Gasteiger partial charge in [0.25, 0.3) is 0 Å². The lowest BCUT2D eigenvalue weighted by Crippen LogP contribution is -2.30. The Morgan fingerprint density at radius 3 is 2.62 bits per heavy atom. The van der Waals surface area contributed by atoms with Crippen LogP contribution in [0, 0.1) is 5.82 Å². The fourth-order valence-corrected chi connectivity index (χ4v) is 4.54. The normalized spacial score (nSPS) is 17.9. The van der Waals surface area contributed by atoms with Crippen LogP contribution in [0.5, 0.6) is 5.75 Å². The number of pyridine rings is 1. The van der Waals surface area contributed by atoms with E-state index < -0.39 is 0 Å². The maximum Gasteiger partial charge on any atom is 0.174 e. The number of para-hydroxylation sites is 1. The van der Waals surface area contributed by atoms with Gasteiger partial charge in [0.05, 0.1) is 24.5 Å². The molecule has 2 aromatic carbocycles. The van der Waals surface area contributed by atoms with Crippen molar-refractivity contribution in [1.29, 1.82) is 0 Å². The standard InChI is InChI=1S/C25H21FN4OS/c1-31-18-9-6-8-17(16-18)30-24(23(28-25(30)32)20-11-4-5-14-27-20)22-13-7-15-29(22)21-12-3-2-10-19(21)26/h2-16,23-24H,1H3,(H,28,32)/t23-,24+/m0/s1. The summed E-state index contributed by atoms with van der Waals surface area (Å²) >= 11 is 5.78. The third-order valence-electron chi connectivity index (χ3n) is 5.62. The third-order valence-corrected chi connectivity index (χ3v) is 5.94. The fraction of sp³-hybridized carbons (Fsp3) is 0.120. The molecule has 160 valence electrons.